The van der Waals surface area contributed by atoms with E-state index in [1.54, 1.807) is 42.2 Å². The number of hydrogen-bond donors (Lipinski definition) is 1. The minimum atomic E-state index is -3.64. The van der Waals surface area contributed by atoms with Crippen molar-refractivity contribution in [3.8, 4) is 0 Å². The molecule has 164 valence electrons. The van der Waals surface area contributed by atoms with Gasteiger partial charge in [-0.05, 0) is 42.7 Å². The summed E-state index contributed by atoms with van der Waals surface area (Å²) in [5, 5.41) is 9.06. The largest absolute Gasteiger partial charge is 0.477 e. The quantitative estimate of drug-likeness (QED) is 0.390. The molecule has 0 radical (unpaired) electrons. The Kier molecular flexibility index (Phi) is 8.65. The summed E-state index contributed by atoms with van der Waals surface area (Å²) in [6.45, 7) is 0.767. The number of aryl methyl sites for hydroxylation is 1. The van der Waals surface area contributed by atoms with Gasteiger partial charge in [0.05, 0.1) is 0 Å². The first-order valence-electron chi connectivity index (χ1n) is 9.80. The van der Waals surface area contributed by atoms with Crippen LogP contribution >= 0.6 is 23.1 Å². The molecule has 9 heteroatoms. The van der Waals surface area contributed by atoms with Gasteiger partial charge in [-0.15, -0.1) is 11.3 Å². The van der Waals surface area contributed by atoms with Crippen LogP contribution in [0.2, 0.25) is 0 Å². The van der Waals surface area contributed by atoms with Crippen LogP contribution in [0.4, 0.5) is 0 Å². The maximum Gasteiger partial charge on any atom is 0.345 e. The van der Waals surface area contributed by atoms with Crippen LogP contribution in [0.1, 0.15) is 26.5 Å². The van der Waals surface area contributed by atoms with E-state index in [1.165, 1.54) is 27.4 Å². The number of sulfonamides is 1. The van der Waals surface area contributed by atoms with Gasteiger partial charge in [0.15, 0.2) is 0 Å². The number of hydrogen-bond acceptors (Lipinski definition) is 6. The molecule has 1 N–H and O–H groups in total. The predicted molar refractivity (Wildman–Crippen MR) is 125 cm³/mol. The number of aromatic carboxylic acids is 1. The number of aromatic nitrogens is 1. The summed E-state index contributed by atoms with van der Waals surface area (Å²) in [5.74, 6) is 0.568. The van der Waals surface area contributed by atoms with E-state index in [-0.39, 0.29) is 4.90 Å². The SMILES string of the molecule is O=C(O)c1ccc(CCCN(CCSCc2ccccc2)S(=O)(=O)c2cccnc2)s1. The van der Waals surface area contributed by atoms with Gasteiger partial charge >= 0.3 is 5.97 Å². The van der Waals surface area contributed by atoms with Crippen LogP contribution in [0, 0.1) is 0 Å². The molecular weight excluding hydrogens is 452 g/mol. The third-order valence-corrected chi connectivity index (χ3v) is 8.60. The van der Waals surface area contributed by atoms with E-state index in [0.717, 1.165) is 10.6 Å². The predicted octanol–water partition coefficient (Wildman–Crippen LogP) is 4.40. The Balaban J connectivity index is 1.61. The summed E-state index contributed by atoms with van der Waals surface area (Å²) < 4.78 is 27.8. The van der Waals surface area contributed by atoms with Gasteiger partial charge in [0, 0.05) is 41.9 Å². The standard InChI is InChI=1S/C22H24N2O4S3/c25-22(26)21-11-10-19(30-21)8-5-13-24(31(27,28)20-9-4-12-23-16-20)14-15-29-17-18-6-2-1-3-7-18/h1-4,6-7,9-12,16H,5,8,13-15,17H2,(H,25,26). The Bertz CT molecular complexity index is 1070. The van der Waals surface area contributed by atoms with Crippen molar-refractivity contribution in [3.05, 3.63) is 82.3 Å². The van der Waals surface area contributed by atoms with Crippen LogP contribution in [0.15, 0.2) is 71.9 Å². The minimum absolute atomic E-state index is 0.187. The second-order valence-electron chi connectivity index (χ2n) is 6.81. The molecule has 0 unspecified atom stereocenters. The molecule has 0 amide bonds. The first-order chi connectivity index (χ1) is 15.0. The molecule has 3 rings (SSSR count). The first-order valence-corrected chi connectivity index (χ1v) is 13.2. The molecule has 1 aromatic carbocycles. The van der Waals surface area contributed by atoms with Crippen molar-refractivity contribution in [1.29, 1.82) is 0 Å². The Morgan fingerprint density at radius 2 is 1.87 bits per heavy atom. The number of nitrogens with zero attached hydrogens (tertiary/aromatic N) is 2. The highest BCUT2D eigenvalue weighted by atomic mass is 32.2. The van der Waals surface area contributed by atoms with E-state index in [2.05, 4.69) is 17.1 Å². The highest BCUT2D eigenvalue weighted by Crippen LogP contribution is 2.21. The van der Waals surface area contributed by atoms with Crippen LogP contribution in [0.3, 0.4) is 0 Å². The Morgan fingerprint density at radius 3 is 2.55 bits per heavy atom. The molecule has 0 bridgehead atoms. The number of benzene rings is 1. The van der Waals surface area contributed by atoms with E-state index in [9.17, 15) is 13.2 Å². The second kappa shape index (κ2) is 11.4. The van der Waals surface area contributed by atoms with Crippen molar-refractivity contribution in [1.82, 2.24) is 9.29 Å². The fourth-order valence-corrected chi connectivity index (χ4v) is 6.36. The molecule has 2 aromatic heterocycles. The van der Waals surface area contributed by atoms with Crippen LogP contribution in [0.25, 0.3) is 0 Å². The van der Waals surface area contributed by atoms with E-state index in [0.29, 0.717) is 36.6 Å². The smallest absolute Gasteiger partial charge is 0.345 e. The summed E-state index contributed by atoms with van der Waals surface area (Å²) in [6, 6.07) is 16.6. The number of carbonyl (C=O) groups is 1. The number of pyridine rings is 1. The lowest BCUT2D eigenvalue weighted by molar-refractivity contribution is 0.0702. The monoisotopic (exact) mass is 476 g/mol. The first kappa shape index (κ1) is 23.5. The number of carboxylic acids is 1. The fourth-order valence-electron chi connectivity index (χ4n) is 2.99. The maximum absolute atomic E-state index is 13.1. The molecule has 31 heavy (non-hydrogen) atoms. The number of rotatable bonds is 12. The minimum Gasteiger partial charge on any atom is -0.477 e. The van der Waals surface area contributed by atoms with Gasteiger partial charge < -0.3 is 5.11 Å². The molecule has 6 nitrogen and oxygen atoms in total. The van der Waals surface area contributed by atoms with E-state index in [4.69, 9.17) is 5.11 Å². The zero-order valence-corrected chi connectivity index (χ0v) is 19.3. The molecule has 0 aliphatic heterocycles. The van der Waals surface area contributed by atoms with Crippen molar-refractivity contribution in [2.24, 2.45) is 0 Å². The number of carboxylic acid groups (broad SMARTS) is 1. The molecule has 0 aliphatic carbocycles. The maximum atomic E-state index is 13.1. The van der Waals surface area contributed by atoms with E-state index < -0.39 is 16.0 Å². The normalized spacial score (nSPS) is 11.6. The Hall–Kier alpha value is -2.20. The fraction of sp³-hybridized carbons (Fsp3) is 0.273. The molecule has 0 saturated heterocycles. The summed E-state index contributed by atoms with van der Waals surface area (Å²) in [7, 11) is -3.64. The Morgan fingerprint density at radius 1 is 1.06 bits per heavy atom. The molecule has 0 spiro atoms. The molecular formula is C22H24N2O4S3. The van der Waals surface area contributed by atoms with Gasteiger partial charge in [-0.2, -0.15) is 16.1 Å². The molecule has 0 saturated carbocycles. The van der Waals surface area contributed by atoms with Crippen LogP contribution in [0.5, 0.6) is 0 Å². The van der Waals surface area contributed by atoms with E-state index >= 15 is 0 Å². The zero-order chi connectivity index (χ0) is 22.1. The summed E-state index contributed by atoms with van der Waals surface area (Å²) in [6.07, 6.45) is 4.17. The molecule has 3 aromatic rings. The number of thioether (sulfide) groups is 1. The summed E-state index contributed by atoms with van der Waals surface area (Å²) >= 11 is 2.93. The molecule has 2 heterocycles. The average Bonchev–Trinajstić information content (AvgIpc) is 3.26. The third kappa shape index (κ3) is 6.90. The van der Waals surface area contributed by atoms with Gasteiger partial charge in [-0.3, -0.25) is 4.98 Å². The van der Waals surface area contributed by atoms with Crippen molar-refractivity contribution in [2.75, 3.05) is 18.8 Å². The van der Waals surface area contributed by atoms with Crippen molar-refractivity contribution >= 4 is 39.1 Å². The average molecular weight is 477 g/mol. The van der Waals surface area contributed by atoms with Gasteiger partial charge in [-0.25, -0.2) is 13.2 Å². The highest BCUT2D eigenvalue weighted by molar-refractivity contribution is 7.98. The van der Waals surface area contributed by atoms with Crippen LogP contribution in [-0.4, -0.2) is 47.6 Å². The van der Waals surface area contributed by atoms with Gasteiger partial charge in [0.1, 0.15) is 9.77 Å². The van der Waals surface area contributed by atoms with Gasteiger partial charge in [0.2, 0.25) is 10.0 Å². The van der Waals surface area contributed by atoms with Crippen LogP contribution in [-0.2, 0) is 22.2 Å². The van der Waals surface area contributed by atoms with Gasteiger partial charge in [0.25, 0.3) is 0 Å². The van der Waals surface area contributed by atoms with Crippen molar-refractivity contribution < 1.29 is 18.3 Å². The second-order valence-corrected chi connectivity index (χ2v) is 11.0. The lowest BCUT2D eigenvalue weighted by Gasteiger charge is -2.22. The van der Waals surface area contributed by atoms with E-state index in [1.807, 2.05) is 18.2 Å². The van der Waals surface area contributed by atoms with Crippen LogP contribution < -0.4 is 0 Å². The molecule has 0 aliphatic rings. The number of thiophene rings is 1. The lowest BCUT2D eigenvalue weighted by atomic mass is 10.2. The topological polar surface area (TPSA) is 87.6 Å². The molecule has 0 fully saturated rings. The third-order valence-electron chi connectivity index (χ3n) is 4.57. The molecule has 0 atom stereocenters. The summed E-state index contributed by atoms with van der Waals surface area (Å²) in [4.78, 5) is 16.4. The lowest BCUT2D eigenvalue weighted by Crippen LogP contribution is -2.34. The zero-order valence-electron chi connectivity index (χ0n) is 16.9. The van der Waals surface area contributed by atoms with Crippen molar-refractivity contribution in [2.45, 2.75) is 23.5 Å². The highest BCUT2D eigenvalue weighted by Gasteiger charge is 2.24. The Labute approximate surface area is 191 Å². The van der Waals surface area contributed by atoms with Crippen molar-refractivity contribution in [3.63, 3.8) is 0 Å². The van der Waals surface area contributed by atoms with Gasteiger partial charge in [-0.1, -0.05) is 30.3 Å². The summed E-state index contributed by atoms with van der Waals surface area (Å²) in [5.41, 5.74) is 1.21.